The number of likely N-dealkylation sites (N-methyl/N-ethyl adjacent to an activating group) is 1. The molecule has 2 unspecified atom stereocenters. The summed E-state index contributed by atoms with van der Waals surface area (Å²) in [5.41, 5.74) is -3.31. The number of nitrogens with one attached hydrogen (secondary N) is 3. The molecule has 1 aromatic carbocycles. The van der Waals surface area contributed by atoms with Crippen molar-refractivity contribution in [1.29, 1.82) is 0 Å². The zero-order valence-electron chi connectivity index (χ0n) is 46.1. The molecule has 23 heteroatoms. The van der Waals surface area contributed by atoms with Gasteiger partial charge in [0.2, 0.25) is 5.91 Å². The topological polar surface area (TPSA) is 230 Å². The van der Waals surface area contributed by atoms with Crippen LogP contribution < -0.4 is 20.7 Å². The van der Waals surface area contributed by atoms with Crippen LogP contribution >= 0.6 is 23.1 Å². The van der Waals surface area contributed by atoms with E-state index in [4.69, 9.17) is 28.3 Å². The molecule has 0 radical (unpaired) electrons. The van der Waals surface area contributed by atoms with Gasteiger partial charge in [-0.15, -0.1) is 23.1 Å². The number of rotatable bonds is 15. The molecular weight excluding hydrogens is 1010 g/mol. The Morgan fingerprint density at radius 2 is 1.59 bits per heavy atom. The molecule has 6 atom stereocenters. The maximum atomic E-state index is 15.3. The molecule has 2 bridgehead atoms. The number of nitrogens with zero attached hydrogens (tertiary/aromatic N) is 4. The number of amides is 6. The van der Waals surface area contributed by atoms with E-state index >= 15 is 4.79 Å². The summed E-state index contributed by atoms with van der Waals surface area (Å²) in [5.74, 6) is -3.63. The average molecular weight is 1080 g/mol. The summed E-state index contributed by atoms with van der Waals surface area (Å²) in [6.45, 7) is 26.7. The van der Waals surface area contributed by atoms with Gasteiger partial charge in [-0.1, -0.05) is 19.9 Å². The zero-order chi connectivity index (χ0) is 55.2. The first-order chi connectivity index (χ1) is 34.8. The number of benzene rings is 1. The summed E-state index contributed by atoms with van der Waals surface area (Å²) in [4.78, 5) is 104. The number of hydrogen-bond acceptors (Lipinski definition) is 16. The van der Waals surface area contributed by atoms with Gasteiger partial charge in [0, 0.05) is 48.5 Å². The number of carbonyl (C=O) groups excluding carboxylic acids is 7. The van der Waals surface area contributed by atoms with E-state index in [9.17, 15) is 28.8 Å². The highest BCUT2D eigenvalue weighted by molar-refractivity contribution is 7.99. The van der Waals surface area contributed by atoms with Crippen molar-refractivity contribution in [3.8, 4) is 5.75 Å². The fourth-order valence-corrected chi connectivity index (χ4v) is 12.8. The maximum absolute atomic E-state index is 15.3. The summed E-state index contributed by atoms with van der Waals surface area (Å²) < 4.78 is 38.0. The second-order valence-electron chi connectivity index (χ2n) is 24.4. The van der Waals surface area contributed by atoms with Gasteiger partial charge in [-0.2, -0.15) is 0 Å². The molecule has 412 valence electrons. The third-order valence-corrected chi connectivity index (χ3v) is 16.7. The van der Waals surface area contributed by atoms with Crippen molar-refractivity contribution in [2.45, 2.75) is 167 Å². The first-order valence-corrected chi connectivity index (χ1v) is 27.9. The highest BCUT2D eigenvalue weighted by atomic mass is 32.2. The maximum Gasteiger partial charge on any atom is 0.514 e. The number of quaternary nitrogens is 1. The Hall–Kier alpha value is -4.97. The minimum atomic E-state index is -1.64. The van der Waals surface area contributed by atoms with Crippen molar-refractivity contribution in [2.24, 2.45) is 17.3 Å². The lowest BCUT2D eigenvalue weighted by molar-refractivity contribution is -0.895. The number of anilines is 1. The Kier molecular flexibility index (Phi) is 16.8. The average Bonchev–Trinajstić information content (AvgIpc) is 4.03. The van der Waals surface area contributed by atoms with Crippen LogP contribution in [0.2, 0.25) is 0 Å². The predicted octanol–water partition coefficient (Wildman–Crippen LogP) is 7.53. The number of hydrogen-bond donors (Lipinski definition) is 3. The van der Waals surface area contributed by atoms with E-state index < -0.39 is 83.5 Å². The van der Waals surface area contributed by atoms with Gasteiger partial charge in [0.05, 0.1) is 50.0 Å². The molecule has 6 aliphatic rings. The number of thioether (sulfide) groups is 1. The van der Waals surface area contributed by atoms with Crippen LogP contribution in [0, 0.1) is 17.3 Å². The summed E-state index contributed by atoms with van der Waals surface area (Å²) in [5, 5.41) is 9.79. The Morgan fingerprint density at radius 1 is 0.920 bits per heavy atom. The quantitative estimate of drug-likeness (QED) is 0.0298. The fraction of sp³-hybridized carbons (Fsp3) is 0.692. The van der Waals surface area contributed by atoms with Crippen molar-refractivity contribution in [1.82, 2.24) is 25.4 Å². The highest BCUT2D eigenvalue weighted by Crippen LogP contribution is 2.66. The van der Waals surface area contributed by atoms with E-state index in [-0.39, 0.29) is 65.6 Å². The molecule has 3 aliphatic carbocycles. The van der Waals surface area contributed by atoms with Crippen LogP contribution in [-0.4, -0.2) is 155 Å². The molecule has 0 spiro atoms. The van der Waals surface area contributed by atoms with E-state index in [1.54, 1.807) is 81.4 Å². The van der Waals surface area contributed by atoms with Crippen molar-refractivity contribution in [3.05, 3.63) is 34.3 Å². The number of piperazine rings is 1. The van der Waals surface area contributed by atoms with Crippen LogP contribution in [0.15, 0.2) is 22.4 Å². The molecule has 2 aromatic rings. The minimum Gasteiger partial charge on any atom is -0.456 e. The van der Waals surface area contributed by atoms with Gasteiger partial charge in [-0.25, -0.2) is 24.2 Å². The summed E-state index contributed by atoms with van der Waals surface area (Å²) in [7, 11) is 1.10. The number of imide groups is 1. The van der Waals surface area contributed by atoms with Gasteiger partial charge in [0.1, 0.15) is 22.4 Å². The predicted molar refractivity (Wildman–Crippen MR) is 282 cm³/mol. The van der Waals surface area contributed by atoms with E-state index in [1.165, 1.54) is 22.0 Å². The molecule has 4 heterocycles. The van der Waals surface area contributed by atoms with Crippen LogP contribution in [0.3, 0.4) is 0 Å². The number of esters is 1. The first-order valence-electron chi connectivity index (χ1n) is 26.1. The van der Waals surface area contributed by atoms with Crippen LogP contribution in [0.4, 0.5) is 19.5 Å². The van der Waals surface area contributed by atoms with Crippen LogP contribution in [0.1, 0.15) is 143 Å². The Morgan fingerprint density at radius 3 is 2.21 bits per heavy atom. The van der Waals surface area contributed by atoms with Crippen LogP contribution in [0.25, 0.3) is 0 Å². The number of carbonyl (C=O) groups is 7. The van der Waals surface area contributed by atoms with E-state index in [2.05, 4.69) is 41.8 Å². The minimum absolute atomic E-state index is 0.00362. The van der Waals surface area contributed by atoms with Crippen molar-refractivity contribution in [2.75, 3.05) is 57.4 Å². The number of thiazole rings is 1. The number of likely N-dealkylation sites (tertiary alicyclic amines) is 1. The van der Waals surface area contributed by atoms with Crippen LogP contribution in [0.5, 0.6) is 5.75 Å². The Labute approximate surface area is 449 Å². The van der Waals surface area contributed by atoms with Gasteiger partial charge < -0.3 is 48.3 Å². The monoisotopic (exact) mass is 1080 g/mol. The molecule has 3 aliphatic heterocycles. The third kappa shape index (κ3) is 13.4. The van der Waals surface area contributed by atoms with Crippen molar-refractivity contribution < 1.29 is 66.3 Å². The van der Waals surface area contributed by atoms with E-state index in [0.717, 1.165) is 59.6 Å². The smallest absolute Gasteiger partial charge is 0.456 e. The molecule has 3 saturated heterocycles. The summed E-state index contributed by atoms with van der Waals surface area (Å²) >= 11 is 2.41. The van der Waals surface area contributed by atoms with Crippen LogP contribution in [-0.2, 0) is 44.3 Å². The zero-order valence-corrected chi connectivity index (χ0v) is 47.7. The van der Waals surface area contributed by atoms with E-state index in [0.29, 0.717) is 28.6 Å². The lowest BCUT2D eigenvalue weighted by Crippen LogP contribution is -2.65. The molecule has 1 aromatic heterocycles. The molecule has 20 nitrogen and oxygen atoms in total. The molecular formula is C52H77BN7O13S2+. The number of ether oxygens (including phenoxy) is 4. The fourth-order valence-electron chi connectivity index (χ4n) is 10.9. The van der Waals surface area contributed by atoms with Crippen molar-refractivity contribution >= 4 is 77.3 Å². The molecule has 3 saturated carbocycles. The lowest BCUT2D eigenvalue weighted by Gasteiger charge is -2.64. The van der Waals surface area contributed by atoms with Crippen molar-refractivity contribution in [3.63, 3.8) is 0 Å². The van der Waals surface area contributed by atoms with Gasteiger partial charge in [0.25, 0.3) is 0 Å². The lowest BCUT2D eigenvalue weighted by atomic mass is 9.43. The molecule has 6 fully saturated rings. The highest BCUT2D eigenvalue weighted by Gasteiger charge is 2.68. The van der Waals surface area contributed by atoms with Gasteiger partial charge in [0.15, 0.2) is 16.9 Å². The molecule has 6 amide bonds. The largest absolute Gasteiger partial charge is 0.514 e. The summed E-state index contributed by atoms with van der Waals surface area (Å²) in [6.07, 6.45) is 1.52. The van der Waals surface area contributed by atoms with Gasteiger partial charge in [-0.05, 0) is 124 Å². The van der Waals surface area contributed by atoms with Gasteiger partial charge in [-0.3, -0.25) is 24.6 Å². The first kappa shape index (κ1) is 57.7. The van der Waals surface area contributed by atoms with E-state index in [1.807, 2.05) is 6.92 Å². The molecule has 8 rings (SSSR count). The number of urea groups is 1. The van der Waals surface area contributed by atoms with Gasteiger partial charge >= 0.3 is 43.2 Å². The second-order valence-corrected chi connectivity index (χ2v) is 26.4. The normalized spacial score (nSPS) is 23.9. The summed E-state index contributed by atoms with van der Waals surface area (Å²) in [6, 6.07) is 0.843. The Bertz CT molecular complexity index is 2530. The molecule has 75 heavy (non-hydrogen) atoms. The Balaban J connectivity index is 1.30. The standard InChI is InChI=1S/C52H76BN7O13S2/c1-15-58-20-21-59(42(63)41(58)62)45(65)56-38(32-29-75-44(54-32)57-46(66)70-49(5,6)7)40(61)55-36(53-72-35-28-31-27-34(51(31,11)12)52(35,13)73-53)26-30-18-19-33(74-25-24-60(14)22-16-17-23-60)37(43(64)69-48(2,3)4)39(30)68-47(67)71-50(8,9)10/h18-19,29,31,34-36,38H,15-17,20-28H2,1-14H3,(H2-,54,55,56,57,61,65,66)/p+1/t31-,34-,35+,36?,38?,52-/m0/s1. The second kappa shape index (κ2) is 21.8. The molecule has 3 N–H and O–H groups in total. The SMILES string of the molecule is CCN1CCN(C(=O)NC(C(=O)NC(Cc2ccc(SCC[N+]3(C)CCCC3)c(C(=O)OC(C)(C)C)c2OC(=O)OC(C)(C)C)B2O[C@@H]3C[C@@H]4C[C@@H](C4(C)C)[C@]3(C)O2)c2csc(NC(=O)OC(C)(C)C)n2)C(=O)C1=O. The third-order valence-electron chi connectivity index (χ3n) is 14.9. The number of aromatic nitrogens is 1.